The smallest absolute Gasteiger partial charge is 0.475 e. The zero-order valence-corrected chi connectivity index (χ0v) is 12.0. The molecule has 1 saturated carbocycles. The molecular formula is C10H18F3N3O4S. The molecule has 1 aliphatic carbocycles. The van der Waals surface area contributed by atoms with Crippen LogP contribution in [0.3, 0.4) is 0 Å². The average molecular weight is 333 g/mol. The summed E-state index contributed by atoms with van der Waals surface area (Å²) in [6.45, 7) is 2.63. The predicted octanol–water partition coefficient (Wildman–Crippen LogP) is -0.103. The van der Waals surface area contributed by atoms with Gasteiger partial charge in [-0.3, -0.25) is 0 Å². The first-order chi connectivity index (χ1) is 9.51. The summed E-state index contributed by atoms with van der Waals surface area (Å²) in [5.41, 5.74) is 0. The largest absolute Gasteiger partial charge is 0.490 e. The van der Waals surface area contributed by atoms with Crippen molar-refractivity contribution in [2.75, 3.05) is 19.6 Å². The van der Waals surface area contributed by atoms with Crippen LogP contribution in [0.15, 0.2) is 0 Å². The van der Waals surface area contributed by atoms with Crippen molar-refractivity contribution in [2.24, 2.45) is 11.1 Å². The van der Waals surface area contributed by atoms with E-state index in [0.29, 0.717) is 12.5 Å². The quantitative estimate of drug-likeness (QED) is 0.650. The molecule has 1 heterocycles. The third-order valence-corrected chi connectivity index (χ3v) is 4.28. The number of alkyl halides is 3. The molecule has 21 heavy (non-hydrogen) atoms. The molecule has 0 radical (unpaired) electrons. The number of aliphatic carboxylic acids is 1. The first kappa shape index (κ1) is 18.1. The highest BCUT2D eigenvalue weighted by Gasteiger charge is 2.38. The summed E-state index contributed by atoms with van der Waals surface area (Å²) < 4.78 is 55.6. The summed E-state index contributed by atoms with van der Waals surface area (Å²) in [7, 11) is -3.47. The highest BCUT2D eigenvalue weighted by molar-refractivity contribution is 7.86. The number of carboxylic acids is 1. The minimum absolute atomic E-state index is 0.193. The van der Waals surface area contributed by atoms with E-state index in [-0.39, 0.29) is 6.04 Å². The number of halogens is 3. The molecule has 0 unspecified atom stereocenters. The molecule has 1 saturated heterocycles. The molecule has 0 amide bonds. The molecule has 1 aliphatic heterocycles. The van der Waals surface area contributed by atoms with Gasteiger partial charge in [0.2, 0.25) is 0 Å². The van der Waals surface area contributed by atoms with Gasteiger partial charge in [0.15, 0.2) is 0 Å². The van der Waals surface area contributed by atoms with Crippen LogP contribution in [-0.2, 0) is 15.0 Å². The van der Waals surface area contributed by atoms with Gasteiger partial charge in [-0.2, -0.15) is 25.9 Å². The minimum Gasteiger partial charge on any atom is -0.475 e. The number of carbonyl (C=O) groups is 1. The van der Waals surface area contributed by atoms with Crippen LogP contribution in [0.1, 0.15) is 19.3 Å². The normalized spacial score (nSPS) is 19.7. The monoisotopic (exact) mass is 333 g/mol. The summed E-state index contributed by atoms with van der Waals surface area (Å²) >= 11 is 0. The van der Waals surface area contributed by atoms with Crippen LogP contribution in [0.5, 0.6) is 0 Å². The van der Waals surface area contributed by atoms with Gasteiger partial charge in [0.05, 0.1) is 0 Å². The van der Waals surface area contributed by atoms with Crippen LogP contribution >= 0.6 is 0 Å². The Morgan fingerprint density at radius 2 is 1.81 bits per heavy atom. The number of rotatable bonds is 5. The van der Waals surface area contributed by atoms with Gasteiger partial charge >= 0.3 is 12.1 Å². The fraction of sp³-hybridized carbons (Fsp3) is 0.900. The number of nitrogens with two attached hydrogens (primary N) is 1. The lowest BCUT2D eigenvalue weighted by Crippen LogP contribution is -2.45. The van der Waals surface area contributed by atoms with Crippen molar-refractivity contribution in [3.8, 4) is 0 Å². The summed E-state index contributed by atoms with van der Waals surface area (Å²) in [6, 6.07) is 0.193. The first-order valence-corrected chi connectivity index (χ1v) is 7.82. The molecule has 124 valence electrons. The molecule has 0 aromatic rings. The van der Waals surface area contributed by atoms with Crippen molar-refractivity contribution in [1.29, 1.82) is 0 Å². The maximum Gasteiger partial charge on any atom is 0.490 e. The Morgan fingerprint density at radius 1 is 1.33 bits per heavy atom. The zero-order valence-electron chi connectivity index (χ0n) is 11.1. The Morgan fingerprint density at radius 3 is 2.05 bits per heavy atom. The standard InChI is InChI=1S/C8H17N3O2S.C2HF3O2/c9-14(12,13)11(8-1-2-8)4-3-7-5-10-6-7;3-2(4,5)1(6)7/h7-8,10H,1-6H2,(H2,9,12,13);(H,6,7). The van der Waals surface area contributed by atoms with E-state index in [4.69, 9.17) is 15.0 Å². The Kier molecular flexibility index (Phi) is 5.96. The number of hydrogen-bond acceptors (Lipinski definition) is 4. The second kappa shape index (κ2) is 6.90. The van der Waals surface area contributed by atoms with Gasteiger partial charge < -0.3 is 10.4 Å². The molecule has 2 aliphatic rings. The molecule has 0 bridgehead atoms. The molecule has 0 spiro atoms. The third-order valence-electron chi connectivity index (χ3n) is 3.15. The van der Waals surface area contributed by atoms with Crippen LogP contribution in [0.25, 0.3) is 0 Å². The van der Waals surface area contributed by atoms with Crippen LogP contribution in [0, 0.1) is 5.92 Å². The lowest BCUT2D eigenvalue weighted by molar-refractivity contribution is -0.192. The van der Waals surface area contributed by atoms with E-state index in [1.165, 1.54) is 4.31 Å². The number of nitrogens with zero attached hydrogens (tertiary/aromatic N) is 1. The molecule has 4 N–H and O–H groups in total. The van der Waals surface area contributed by atoms with Crippen molar-refractivity contribution >= 4 is 16.2 Å². The Hall–Kier alpha value is -0.910. The van der Waals surface area contributed by atoms with Crippen molar-refractivity contribution in [1.82, 2.24) is 9.62 Å². The molecule has 2 fully saturated rings. The minimum atomic E-state index is -5.08. The van der Waals surface area contributed by atoms with Gasteiger partial charge in [-0.1, -0.05) is 0 Å². The fourth-order valence-electron chi connectivity index (χ4n) is 1.74. The SMILES string of the molecule is NS(=O)(=O)N(CCC1CNC1)C1CC1.O=C(O)C(F)(F)F. The molecule has 0 aromatic carbocycles. The summed E-state index contributed by atoms with van der Waals surface area (Å²) in [5.74, 6) is -2.12. The van der Waals surface area contributed by atoms with E-state index < -0.39 is 22.4 Å². The van der Waals surface area contributed by atoms with Gasteiger partial charge in [0, 0.05) is 12.6 Å². The van der Waals surface area contributed by atoms with Crippen molar-refractivity contribution in [3.63, 3.8) is 0 Å². The van der Waals surface area contributed by atoms with E-state index in [9.17, 15) is 21.6 Å². The predicted molar refractivity (Wildman–Crippen MR) is 67.5 cm³/mol. The van der Waals surface area contributed by atoms with Gasteiger partial charge in [0.25, 0.3) is 10.2 Å². The molecule has 0 atom stereocenters. The van der Waals surface area contributed by atoms with Crippen LogP contribution in [-0.4, -0.2) is 55.7 Å². The molecule has 7 nitrogen and oxygen atoms in total. The fourth-order valence-corrected chi connectivity index (χ4v) is 2.73. The summed E-state index contributed by atoms with van der Waals surface area (Å²) in [5, 5.41) is 15.4. The van der Waals surface area contributed by atoms with E-state index in [0.717, 1.165) is 32.4 Å². The van der Waals surface area contributed by atoms with Crippen LogP contribution < -0.4 is 10.5 Å². The Labute approximate surface area is 120 Å². The average Bonchev–Trinajstić information content (AvgIpc) is 3.03. The highest BCUT2D eigenvalue weighted by atomic mass is 32.2. The Bertz CT molecular complexity index is 461. The molecule has 11 heteroatoms. The molecular weight excluding hydrogens is 315 g/mol. The van der Waals surface area contributed by atoms with Crippen molar-refractivity contribution in [3.05, 3.63) is 0 Å². The molecule has 2 rings (SSSR count). The summed E-state index contributed by atoms with van der Waals surface area (Å²) in [6.07, 6.45) is -2.21. The highest BCUT2D eigenvalue weighted by Crippen LogP contribution is 2.29. The van der Waals surface area contributed by atoms with Crippen molar-refractivity contribution < 1.29 is 31.5 Å². The maximum absolute atomic E-state index is 11.2. The second-order valence-electron chi connectivity index (χ2n) is 5.00. The lowest BCUT2D eigenvalue weighted by atomic mass is 10.00. The zero-order chi connectivity index (χ0) is 16.3. The number of nitrogens with one attached hydrogen (secondary N) is 1. The molecule has 0 aromatic heterocycles. The third kappa shape index (κ3) is 6.59. The van der Waals surface area contributed by atoms with Crippen molar-refractivity contribution in [2.45, 2.75) is 31.5 Å². The number of hydrogen-bond donors (Lipinski definition) is 3. The van der Waals surface area contributed by atoms with E-state index >= 15 is 0 Å². The number of carboxylic acid groups (broad SMARTS) is 1. The van der Waals surface area contributed by atoms with Crippen LogP contribution in [0.2, 0.25) is 0 Å². The summed E-state index contributed by atoms with van der Waals surface area (Å²) in [4.78, 5) is 8.90. The van der Waals surface area contributed by atoms with Gasteiger partial charge in [-0.15, -0.1) is 0 Å². The van der Waals surface area contributed by atoms with Gasteiger partial charge in [-0.25, -0.2) is 9.93 Å². The maximum atomic E-state index is 11.2. The van der Waals surface area contributed by atoms with Crippen LogP contribution in [0.4, 0.5) is 13.2 Å². The van der Waals surface area contributed by atoms with Gasteiger partial charge in [0.1, 0.15) is 0 Å². The van der Waals surface area contributed by atoms with E-state index in [1.807, 2.05) is 0 Å². The van der Waals surface area contributed by atoms with Gasteiger partial charge in [-0.05, 0) is 38.3 Å². The van der Waals surface area contributed by atoms with E-state index in [1.54, 1.807) is 0 Å². The van der Waals surface area contributed by atoms with E-state index in [2.05, 4.69) is 5.32 Å². The topological polar surface area (TPSA) is 113 Å². The second-order valence-corrected chi connectivity index (χ2v) is 6.50. The lowest BCUT2D eigenvalue weighted by Gasteiger charge is -2.29. The Balaban J connectivity index is 0.000000270. The first-order valence-electron chi connectivity index (χ1n) is 6.32.